The minimum absolute atomic E-state index is 0.244. The number of carboxylic acids is 1. The Bertz CT molecular complexity index is 341. The molecule has 0 aliphatic heterocycles. The summed E-state index contributed by atoms with van der Waals surface area (Å²) in [6, 6.07) is 0. The quantitative estimate of drug-likeness (QED) is 0.595. The molecule has 0 saturated heterocycles. The zero-order chi connectivity index (χ0) is 13.8. The average Bonchev–Trinajstić information content (AvgIpc) is 2.44. The molecule has 0 radical (unpaired) electrons. The Morgan fingerprint density at radius 1 is 1.06 bits per heavy atom. The maximum atomic E-state index is 11.3. The van der Waals surface area contributed by atoms with E-state index < -0.39 is 11.4 Å². The SMILES string of the molecule is C=C.C=C/C(=C\C)C12CCC(C(=O)O)(CC1)CC2. The minimum atomic E-state index is -0.582. The summed E-state index contributed by atoms with van der Waals surface area (Å²) in [5.74, 6) is -0.582. The van der Waals surface area contributed by atoms with Crippen molar-refractivity contribution in [3.05, 3.63) is 37.5 Å². The van der Waals surface area contributed by atoms with E-state index in [1.807, 2.05) is 6.08 Å². The number of fused-ring (bicyclic) bond motifs is 3. The van der Waals surface area contributed by atoms with E-state index in [0.717, 1.165) is 38.5 Å². The van der Waals surface area contributed by atoms with Crippen LogP contribution in [0.3, 0.4) is 0 Å². The highest BCUT2D eigenvalue weighted by Crippen LogP contribution is 2.59. The van der Waals surface area contributed by atoms with Gasteiger partial charge in [-0.15, -0.1) is 13.2 Å². The predicted molar refractivity (Wildman–Crippen MR) is 75.4 cm³/mol. The summed E-state index contributed by atoms with van der Waals surface area (Å²) in [4.78, 5) is 11.3. The van der Waals surface area contributed by atoms with Crippen molar-refractivity contribution in [1.82, 2.24) is 0 Å². The number of hydrogen-bond acceptors (Lipinski definition) is 1. The van der Waals surface area contributed by atoms with Crippen LogP contribution in [0.5, 0.6) is 0 Å². The first-order chi connectivity index (χ1) is 8.58. The first kappa shape index (κ1) is 14.7. The Hall–Kier alpha value is -1.31. The fourth-order valence-electron chi connectivity index (χ4n) is 3.58. The fraction of sp³-hybridized carbons (Fsp3) is 0.562. The molecule has 2 bridgehead atoms. The summed E-state index contributed by atoms with van der Waals surface area (Å²) in [6.07, 6.45) is 9.68. The summed E-state index contributed by atoms with van der Waals surface area (Å²) in [7, 11) is 0. The minimum Gasteiger partial charge on any atom is -0.481 e. The van der Waals surface area contributed by atoms with E-state index in [1.54, 1.807) is 0 Å². The van der Waals surface area contributed by atoms with Gasteiger partial charge in [-0.25, -0.2) is 0 Å². The number of carboxylic acid groups (broad SMARTS) is 1. The Morgan fingerprint density at radius 2 is 1.44 bits per heavy atom. The Morgan fingerprint density at radius 3 is 1.72 bits per heavy atom. The molecule has 1 N–H and O–H groups in total. The third kappa shape index (κ3) is 2.16. The normalized spacial score (nSPS) is 34.4. The topological polar surface area (TPSA) is 37.3 Å². The zero-order valence-electron chi connectivity index (χ0n) is 11.4. The molecule has 0 atom stereocenters. The zero-order valence-corrected chi connectivity index (χ0v) is 11.4. The van der Waals surface area contributed by atoms with Crippen molar-refractivity contribution in [3.63, 3.8) is 0 Å². The Balaban J connectivity index is 0.000000771. The van der Waals surface area contributed by atoms with Gasteiger partial charge in [0.1, 0.15) is 0 Å². The van der Waals surface area contributed by atoms with E-state index in [9.17, 15) is 9.90 Å². The van der Waals surface area contributed by atoms with Gasteiger partial charge in [-0.05, 0) is 56.4 Å². The maximum absolute atomic E-state index is 11.3. The Kier molecular flexibility index (Phi) is 4.55. The molecule has 0 unspecified atom stereocenters. The summed E-state index contributed by atoms with van der Waals surface area (Å²) in [5, 5.41) is 9.32. The van der Waals surface area contributed by atoms with Gasteiger partial charge in [0, 0.05) is 0 Å². The van der Waals surface area contributed by atoms with Crippen LogP contribution in [-0.2, 0) is 4.79 Å². The molecule has 0 aromatic rings. The molecular weight excluding hydrogens is 224 g/mol. The summed E-state index contributed by atoms with van der Waals surface area (Å²) >= 11 is 0. The molecule has 3 saturated carbocycles. The highest BCUT2D eigenvalue weighted by molar-refractivity contribution is 5.75. The van der Waals surface area contributed by atoms with Crippen molar-refractivity contribution in [3.8, 4) is 0 Å². The van der Waals surface area contributed by atoms with Gasteiger partial charge in [0.05, 0.1) is 5.41 Å². The van der Waals surface area contributed by atoms with E-state index in [1.165, 1.54) is 5.57 Å². The van der Waals surface area contributed by atoms with Gasteiger partial charge in [-0.3, -0.25) is 4.79 Å². The summed E-state index contributed by atoms with van der Waals surface area (Å²) in [6.45, 7) is 11.9. The number of aliphatic carboxylic acids is 1. The van der Waals surface area contributed by atoms with Crippen LogP contribution < -0.4 is 0 Å². The van der Waals surface area contributed by atoms with Crippen molar-refractivity contribution in [2.24, 2.45) is 10.8 Å². The van der Waals surface area contributed by atoms with Crippen LogP contribution in [0.2, 0.25) is 0 Å². The van der Waals surface area contributed by atoms with Crippen molar-refractivity contribution >= 4 is 5.97 Å². The van der Waals surface area contributed by atoms with Crippen LogP contribution in [0.1, 0.15) is 45.4 Å². The smallest absolute Gasteiger partial charge is 0.309 e. The van der Waals surface area contributed by atoms with Gasteiger partial charge in [-0.2, -0.15) is 0 Å². The lowest BCUT2D eigenvalue weighted by molar-refractivity contribution is -0.157. The highest BCUT2D eigenvalue weighted by Gasteiger charge is 2.53. The first-order valence-electron chi connectivity index (χ1n) is 6.61. The Labute approximate surface area is 110 Å². The monoisotopic (exact) mass is 248 g/mol. The molecule has 3 aliphatic rings. The van der Waals surface area contributed by atoms with E-state index >= 15 is 0 Å². The standard InChI is InChI=1S/C14H20O2.C2H4/c1-3-11(4-2)13-5-8-14(9-6-13,10-7-13)12(15)16;1-2/h3-4H,1,5-10H2,2H3,(H,15,16);1-2H2/b11-4+;. The van der Waals surface area contributed by atoms with Gasteiger partial charge in [0.2, 0.25) is 0 Å². The molecule has 0 amide bonds. The second-order valence-electron chi connectivity index (χ2n) is 5.31. The number of allylic oxidation sites excluding steroid dienone is 3. The van der Waals surface area contributed by atoms with E-state index in [0.29, 0.717) is 0 Å². The molecule has 18 heavy (non-hydrogen) atoms. The molecule has 0 aromatic heterocycles. The molecule has 2 nitrogen and oxygen atoms in total. The van der Waals surface area contributed by atoms with Crippen LogP contribution in [0.15, 0.2) is 37.5 Å². The number of carbonyl (C=O) groups is 1. The lowest BCUT2D eigenvalue weighted by Crippen LogP contribution is -2.46. The molecule has 2 heteroatoms. The van der Waals surface area contributed by atoms with Crippen LogP contribution in [-0.4, -0.2) is 11.1 Å². The van der Waals surface area contributed by atoms with Crippen molar-refractivity contribution in [2.75, 3.05) is 0 Å². The van der Waals surface area contributed by atoms with Crippen molar-refractivity contribution in [1.29, 1.82) is 0 Å². The fourth-order valence-corrected chi connectivity index (χ4v) is 3.58. The van der Waals surface area contributed by atoms with Gasteiger partial charge >= 0.3 is 5.97 Å². The van der Waals surface area contributed by atoms with Gasteiger partial charge in [0.25, 0.3) is 0 Å². The van der Waals surface area contributed by atoms with Crippen molar-refractivity contribution in [2.45, 2.75) is 45.4 Å². The molecule has 100 valence electrons. The summed E-state index contributed by atoms with van der Waals surface area (Å²) < 4.78 is 0. The van der Waals surface area contributed by atoms with Gasteiger partial charge < -0.3 is 5.11 Å². The molecule has 0 spiro atoms. The largest absolute Gasteiger partial charge is 0.481 e. The molecule has 0 aromatic carbocycles. The second kappa shape index (κ2) is 5.55. The highest BCUT2D eigenvalue weighted by atomic mass is 16.4. The lowest BCUT2D eigenvalue weighted by atomic mass is 9.51. The van der Waals surface area contributed by atoms with Gasteiger partial charge in [0.15, 0.2) is 0 Å². The number of hydrogen-bond donors (Lipinski definition) is 1. The third-order valence-corrected chi connectivity index (χ3v) is 4.84. The lowest BCUT2D eigenvalue weighted by Gasteiger charge is -2.52. The molecule has 3 fully saturated rings. The molecule has 0 heterocycles. The first-order valence-corrected chi connectivity index (χ1v) is 6.61. The van der Waals surface area contributed by atoms with E-state index in [2.05, 4.69) is 32.7 Å². The molecule has 3 aliphatic carbocycles. The average molecular weight is 248 g/mol. The third-order valence-electron chi connectivity index (χ3n) is 4.84. The van der Waals surface area contributed by atoms with Crippen LogP contribution in [0, 0.1) is 10.8 Å². The number of rotatable bonds is 3. The predicted octanol–water partition coefficient (Wildman–Crippen LogP) is 4.35. The second-order valence-corrected chi connectivity index (χ2v) is 5.31. The van der Waals surface area contributed by atoms with E-state index in [4.69, 9.17) is 0 Å². The van der Waals surface area contributed by atoms with Gasteiger partial charge in [-0.1, -0.05) is 18.7 Å². The summed E-state index contributed by atoms with van der Waals surface area (Å²) in [5.41, 5.74) is 1.17. The van der Waals surface area contributed by atoms with Crippen LogP contribution in [0.4, 0.5) is 0 Å². The molecule has 3 rings (SSSR count). The van der Waals surface area contributed by atoms with E-state index in [-0.39, 0.29) is 5.41 Å². The van der Waals surface area contributed by atoms with Crippen LogP contribution in [0.25, 0.3) is 0 Å². The maximum Gasteiger partial charge on any atom is 0.309 e. The van der Waals surface area contributed by atoms with Crippen molar-refractivity contribution < 1.29 is 9.90 Å². The van der Waals surface area contributed by atoms with Crippen LogP contribution >= 0.6 is 0 Å². The molecular formula is C16H24O2.